The Hall–Kier alpha value is -0.380. The van der Waals surface area contributed by atoms with E-state index in [0.717, 1.165) is 6.42 Å². The zero-order valence-electron chi connectivity index (χ0n) is 12.6. The number of hydrogen-bond acceptors (Lipinski definition) is 3. The first-order valence-electron chi connectivity index (χ1n) is 7.38. The maximum absolute atomic E-state index is 5.88. The van der Waals surface area contributed by atoms with Crippen molar-refractivity contribution in [1.29, 1.82) is 0 Å². The summed E-state index contributed by atoms with van der Waals surface area (Å²) >= 11 is 0. The van der Waals surface area contributed by atoms with Crippen molar-refractivity contribution in [3.05, 3.63) is 11.6 Å². The molecule has 3 heteroatoms. The predicted octanol–water partition coefficient (Wildman–Crippen LogP) is 2.83. The maximum atomic E-state index is 5.88. The molecule has 0 heterocycles. The van der Waals surface area contributed by atoms with E-state index in [1.807, 2.05) is 0 Å². The summed E-state index contributed by atoms with van der Waals surface area (Å²) in [5.74, 6) is 5.88. The van der Waals surface area contributed by atoms with Gasteiger partial charge in [-0.2, -0.15) is 0 Å². The van der Waals surface area contributed by atoms with E-state index >= 15 is 0 Å². The van der Waals surface area contributed by atoms with Crippen molar-refractivity contribution in [1.82, 2.24) is 10.3 Å². The molecule has 106 valence electrons. The first-order valence-corrected chi connectivity index (χ1v) is 7.38. The van der Waals surface area contributed by atoms with Crippen LogP contribution in [0.15, 0.2) is 11.6 Å². The highest BCUT2D eigenvalue weighted by Gasteiger charge is 2.36. The van der Waals surface area contributed by atoms with Crippen LogP contribution in [0, 0.1) is 0 Å². The average molecular weight is 253 g/mol. The summed E-state index contributed by atoms with van der Waals surface area (Å²) in [5.41, 5.74) is 4.68. The lowest BCUT2D eigenvalue weighted by Crippen LogP contribution is -2.59. The van der Waals surface area contributed by atoms with Gasteiger partial charge in [-0.3, -0.25) is 11.3 Å². The van der Waals surface area contributed by atoms with E-state index in [1.165, 1.54) is 44.1 Å². The minimum Gasteiger partial charge on any atom is -0.302 e. The second-order valence-corrected chi connectivity index (χ2v) is 5.94. The third kappa shape index (κ3) is 3.56. The molecule has 0 bridgehead atoms. The van der Waals surface area contributed by atoms with Crippen LogP contribution in [0.4, 0.5) is 0 Å². The number of nitrogens with one attached hydrogen (secondary N) is 1. The zero-order chi connectivity index (χ0) is 13.6. The minimum atomic E-state index is 0.0831. The van der Waals surface area contributed by atoms with Gasteiger partial charge in [-0.15, -0.1) is 0 Å². The summed E-state index contributed by atoms with van der Waals surface area (Å²) in [4.78, 5) is 2.30. The molecule has 3 nitrogen and oxygen atoms in total. The Morgan fingerprint density at radius 3 is 2.56 bits per heavy atom. The molecule has 3 N–H and O–H groups in total. The lowest BCUT2D eigenvalue weighted by Gasteiger charge is -2.43. The molecule has 1 aliphatic carbocycles. The number of nitrogens with two attached hydrogens (primary N) is 1. The highest BCUT2D eigenvalue weighted by Crippen LogP contribution is 2.29. The predicted molar refractivity (Wildman–Crippen MR) is 79.3 cm³/mol. The molecule has 0 saturated heterocycles. The van der Waals surface area contributed by atoms with Gasteiger partial charge in [0.2, 0.25) is 0 Å². The van der Waals surface area contributed by atoms with Gasteiger partial charge in [0.25, 0.3) is 0 Å². The number of hydrogen-bond donors (Lipinski definition) is 2. The Bertz CT molecular complexity index is 273. The quantitative estimate of drug-likeness (QED) is 0.450. The van der Waals surface area contributed by atoms with Crippen LogP contribution in [0.3, 0.4) is 0 Å². The summed E-state index contributed by atoms with van der Waals surface area (Å²) in [6, 6.07) is 0.260. The van der Waals surface area contributed by atoms with Gasteiger partial charge in [0.05, 0.1) is 6.04 Å². The van der Waals surface area contributed by atoms with Crippen molar-refractivity contribution >= 4 is 0 Å². The van der Waals surface area contributed by atoms with E-state index in [4.69, 9.17) is 5.84 Å². The molecule has 0 aromatic carbocycles. The van der Waals surface area contributed by atoms with Gasteiger partial charge >= 0.3 is 0 Å². The van der Waals surface area contributed by atoms with E-state index in [0.29, 0.717) is 0 Å². The monoisotopic (exact) mass is 253 g/mol. The number of allylic oxidation sites excluding steroid dienone is 1. The number of hydrazine groups is 1. The molecule has 18 heavy (non-hydrogen) atoms. The Balaban J connectivity index is 2.92. The van der Waals surface area contributed by atoms with Gasteiger partial charge in [-0.05, 0) is 53.1 Å². The van der Waals surface area contributed by atoms with Gasteiger partial charge in [0.15, 0.2) is 0 Å². The highest BCUT2D eigenvalue weighted by molar-refractivity contribution is 5.18. The molecule has 0 aromatic heterocycles. The molecular formula is C15H31N3. The van der Waals surface area contributed by atoms with E-state index in [1.54, 1.807) is 0 Å². The Kier molecular flexibility index (Phi) is 6.33. The van der Waals surface area contributed by atoms with Crippen molar-refractivity contribution < 1.29 is 0 Å². The molecule has 1 rings (SSSR count). The van der Waals surface area contributed by atoms with E-state index < -0.39 is 0 Å². The topological polar surface area (TPSA) is 41.3 Å². The maximum Gasteiger partial charge on any atom is 0.0600 e. The summed E-state index contributed by atoms with van der Waals surface area (Å²) in [7, 11) is 4.30. The molecule has 2 atom stereocenters. The van der Waals surface area contributed by atoms with E-state index in [2.05, 4.69) is 44.3 Å². The molecule has 2 unspecified atom stereocenters. The first kappa shape index (κ1) is 15.7. The normalized spacial score (nSPS) is 22.9. The smallest absolute Gasteiger partial charge is 0.0600 e. The second kappa shape index (κ2) is 7.27. The zero-order valence-corrected chi connectivity index (χ0v) is 12.6. The molecule has 0 aliphatic heterocycles. The van der Waals surface area contributed by atoms with Crippen molar-refractivity contribution in [2.24, 2.45) is 5.84 Å². The largest absolute Gasteiger partial charge is 0.302 e. The van der Waals surface area contributed by atoms with Gasteiger partial charge in [-0.25, -0.2) is 0 Å². The highest BCUT2D eigenvalue weighted by atomic mass is 15.3. The fourth-order valence-electron chi connectivity index (χ4n) is 2.94. The molecule has 1 aliphatic rings. The molecule has 0 aromatic rings. The third-order valence-electron chi connectivity index (χ3n) is 4.72. The van der Waals surface area contributed by atoms with Gasteiger partial charge in [-0.1, -0.05) is 31.4 Å². The van der Waals surface area contributed by atoms with E-state index in [-0.39, 0.29) is 11.6 Å². The van der Waals surface area contributed by atoms with E-state index in [9.17, 15) is 0 Å². The van der Waals surface area contributed by atoms with Crippen molar-refractivity contribution in [3.8, 4) is 0 Å². The number of rotatable bonds is 5. The lowest BCUT2D eigenvalue weighted by molar-refractivity contribution is 0.126. The van der Waals surface area contributed by atoms with Gasteiger partial charge in [0.1, 0.15) is 0 Å². The van der Waals surface area contributed by atoms with Crippen LogP contribution in [-0.2, 0) is 0 Å². The Morgan fingerprint density at radius 2 is 2.00 bits per heavy atom. The summed E-state index contributed by atoms with van der Waals surface area (Å²) in [6.45, 7) is 4.55. The van der Waals surface area contributed by atoms with Crippen molar-refractivity contribution in [2.75, 3.05) is 14.1 Å². The third-order valence-corrected chi connectivity index (χ3v) is 4.72. The number of likely N-dealkylation sites (N-methyl/N-ethyl adjacent to an activating group) is 1. The van der Waals surface area contributed by atoms with Gasteiger partial charge in [0, 0.05) is 5.54 Å². The van der Waals surface area contributed by atoms with Crippen LogP contribution in [-0.4, -0.2) is 30.6 Å². The fourth-order valence-corrected chi connectivity index (χ4v) is 2.94. The van der Waals surface area contributed by atoms with Gasteiger partial charge < -0.3 is 4.90 Å². The molecule has 0 saturated carbocycles. The molecule has 0 spiro atoms. The minimum absolute atomic E-state index is 0.0831. The molecular weight excluding hydrogens is 222 g/mol. The Labute approximate surface area is 113 Å². The number of nitrogens with zero attached hydrogens (tertiary/aromatic N) is 1. The fraction of sp³-hybridized carbons (Fsp3) is 0.867. The van der Waals surface area contributed by atoms with Crippen LogP contribution >= 0.6 is 0 Å². The van der Waals surface area contributed by atoms with Crippen molar-refractivity contribution in [3.63, 3.8) is 0 Å². The van der Waals surface area contributed by atoms with Crippen LogP contribution < -0.4 is 11.3 Å². The SMILES string of the molecule is CCC(C)(C(NN)C1=CCCCCCC1)N(C)C. The molecule has 0 radical (unpaired) electrons. The van der Waals surface area contributed by atoms with Crippen LogP contribution in [0.2, 0.25) is 0 Å². The molecule has 0 fully saturated rings. The summed E-state index contributed by atoms with van der Waals surface area (Å²) in [5, 5.41) is 0. The summed E-state index contributed by atoms with van der Waals surface area (Å²) < 4.78 is 0. The average Bonchev–Trinajstić information content (AvgIpc) is 2.31. The standard InChI is InChI=1S/C15H31N3/c1-5-15(2,18(3)4)14(17-16)13-11-9-7-6-8-10-12-13/h11,14,17H,5-10,12,16H2,1-4H3. The van der Waals surface area contributed by atoms with Crippen LogP contribution in [0.1, 0.15) is 58.8 Å². The van der Waals surface area contributed by atoms with Crippen LogP contribution in [0.5, 0.6) is 0 Å². The summed E-state index contributed by atoms with van der Waals surface area (Å²) in [6.07, 6.45) is 11.3. The van der Waals surface area contributed by atoms with Crippen molar-refractivity contribution in [2.45, 2.75) is 70.4 Å². The molecule has 0 amide bonds. The lowest BCUT2D eigenvalue weighted by atomic mass is 9.80. The Morgan fingerprint density at radius 1 is 1.33 bits per heavy atom. The first-order chi connectivity index (χ1) is 8.56. The second-order valence-electron chi connectivity index (χ2n) is 5.94. The van der Waals surface area contributed by atoms with Crippen LogP contribution in [0.25, 0.3) is 0 Å².